The van der Waals surface area contributed by atoms with Crippen LogP contribution in [0.4, 0.5) is 10.1 Å². The third-order valence-corrected chi connectivity index (χ3v) is 5.30. The van der Waals surface area contributed by atoms with Crippen molar-refractivity contribution in [2.75, 3.05) is 32.4 Å². The van der Waals surface area contributed by atoms with E-state index in [1.807, 2.05) is 14.0 Å². The van der Waals surface area contributed by atoms with Crippen molar-refractivity contribution < 1.29 is 12.8 Å². The summed E-state index contributed by atoms with van der Waals surface area (Å²) in [6, 6.07) is 3.54. The van der Waals surface area contributed by atoms with Gasteiger partial charge in [-0.05, 0) is 32.2 Å². The monoisotopic (exact) mass is 287 g/mol. The summed E-state index contributed by atoms with van der Waals surface area (Å²) in [5.41, 5.74) is 5.62. The Bertz CT molecular complexity index is 556. The van der Waals surface area contributed by atoms with Crippen LogP contribution in [0.1, 0.15) is 6.92 Å². The van der Waals surface area contributed by atoms with Crippen LogP contribution in [0.5, 0.6) is 0 Å². The lowest BCUT2D eigenvalue weighted by Gasteiger charge is -2.36. The smallest absolute Gasteiger partial charge is 0.243 e. The van der Waals surface area contributed by atoms with Gasteiger partial charge in [0.2, 0.25) is 10.0 Å². The van der Waals surface area contributed by atoms with Crippen LogP contribution in [0.25, 0.3) is 0 Å². The highest BCUT2D eigenvalue weighted by atomic mass is 32.2. The van der Waals surface area contributed by atoms with Crippen LogP contribution in [-0.4, -0.2) is 50.3 Å². The number of hydrogen-bond acceptors (Lipinski definition) is 4. The van der Waals surface area contributed by atoms with Crippen molar-refractivity contribution in [3.05, 3.63) is 24.0 Å². The van der Waals surface area contributed by atoms with Crippen molar-refractivity contribution in [3.63, 3.8) is 0 Å². The number of sulfonamides is 1. The van der Waals surface area contributed by atoms with Gasteiger partial charge in [0.1, 0.15) is 5.82 Å². The topological polar surface area (TPSA) is 66.6 Å². The summed E-state index contributed by atoms with van der Waals surface area (Å²) in [5.74, 6) is -0.638. The molecule has 7 heteroatoms. The largest absolute Gasteiger partial charge is 0.399 e. The molecule has 1 fully saturated rings. The van der Waals surface area contributed by atoms with E-state index < -0.39 is 15.8 Å². The molecule has 0 radical (unpaired) electrons. The second kappa shape index (κ2) is 5.07. The average molecular weight is 287 g/mol. The Labute approximate surface area is 112 Å². The lowest BCUT2D eigenvalue weighted by Crippen LogP contribution is -2.51. The molecule has 0 aromatic heterocycles. The number of hydrogen-bond donors (Lipinski definition) is 1. The standard InChI is InChI=1S/C12H18FN3O2S/c1-9-8-16(4-3-15(9)2)19(17,18)12-6-10(13)5-11(14)7-12/h5-7,9H,3-4,8,14H2,1-2H3. The second-order valence-electron chi connectivity index (χ2n) is 4.91. The summed E-state index contributed by atoms with van der Waals surface area (Å²) in [5, 5.41) is 0. The first-order chi connectivity index (χ1) is 8.80. The van der Waals surface area contributed by atoms with Gasteiger partial charge >= 0.3 is 0 Å². The molecular weight excluding hydrogens is 269 g/mol. The van der Waals surface area contributed by atoms with E-state index >= 15 is 0 Å². The molecule has 1 aliphatic rings. The summed E-state index contributed by atoms with van der Waals surface area (Å²) in [7, 11) is -1.72. The van der Waals surface area contributed by atoms with E-state index in [1.54, 1.807) is 0 Å². The van der Waals surface area contributed by atoms with Gasteiger partial charge in [-0.2, -0.15) is 4.31 Å². The normalized spacial score (nSPS) is 22.6. The molecule has 1 saturated heterocycles. The maximum absolute atomic E-state index is 13.3. The Kier molecular flexibility index (Phi) is 3.80. The molecule has 1 aliphatic heterocycles. The summed E-state index contributed by atoms with van der Waals surface area (Å²) in [4.78, 5) is 2.01. The summed E-state index contributed by atoms with van der Waals surface area (Å²) < 4.78 is 39.5. The number of nitrogen functional groups attached to an aromatic ring is 1. The first-order valence-corrected chi connectivity index (χ1v) is 7.51. The maximum atomic E-state index is 13.3. The van der Waals surface area contributed by atoms with Crippen molar-refractivity contribution in [1.82, 2.24) is 9.21 Å². The van der Waals surface area contributed by atoms with E-state index in [4.69, 9.17) is 5.73 Å². The number of anilines is 1. The third kappa shape index (κ3) is 2.88. The molecule has 1 aromatic carbocycles. The van der Waals surface area contributed by atoms with Crippen molar-refractivity contribution >= 4 is 15.7 Å². The molecule has 0 spiro atoms. The quantitative estimate of drug-likeness (QED) is 0.815. The highest BCUT2D eigenvalue weighted by Crippen LogP contribution is 2.22. The summed E-state index contributed by atoms with van der Waals surface area (Å²) in [6.07, 6.45) is 0. The molecule has 1 unspecified atom stereocenters. The molecule has 19 heavy (non-hydrogen) atoms. The fourth-order valence-corrected chi connectivity index (χ4v) is 3.69. The first-order valence-electron chi connectivity index (χ1n) is 6.07. The number of halogens is 1. The minimum Gasteiger partial charge on any atom is -0.399 e. The van der Waals surface area contributed by atoms with Gasteiger partial charge in [-0.3, -0.25) is 0 Å². The zero-order chi connectivity index (χ0) is 14.2. The van der Waals surface area contributed by atoms with Crippen molar-refractivity contribution in [1.29, 1.82) is 0 Å². The van der Waals surface area contributed by atoms with Crippen LogP contribution in [0.15, 0.2) is 23.1 Å². The predicted octanol–water partition coefficient (Wildman–Crippen LogP) is 0.732. The van der Waals surface area contributed by atoms with Crippen LogP contribution in [0.2, 0.25) is 0 Å². The molecule has 5 nitrogen and oxygen atoms in total. The average Bonchev–Trinajstić information content (AvgIpc) is 2.31. The van der Waals surface area contributed by atoms with E-state index in [0.29, 0.717) is 19.6 Å². The molecule has 0 bridgehead atoms. The highest BCUT2D eigenvalue weighted by molar-refractivity contribution is 7.89. The van der Waals surface area contributed by atoms with E-state index in [0.717, 1.165) is 12.1 Å². The van der Waals surface area contributed by atoms with Crippen molar-refractivity contribution in [2.45, 2.75) is 17.9 Å². The van der Waals surface area contributed by atoms with E-state index in [9.17, 15) is 12.8 Å². The lowest BCUT2D eigenvalue weighted by molar-refractivity contribution is 0.159. The molecule has 1 aromatic rings. The lowest BCUT2D eigenvalue weighted by atomic mass is 10.2. The minimum absolute atomic E-state index is 0.0817. The number of likely N-dealkylation sites (N-methyl/N-ethyl adjacent to an activating group) is 1. The Morgan fingerprint density at radius 3 is 2.58 bits per heavy atom. The zero-order valence-electron chi connectivity index (χ0n) is 11.0. The second-order valence-corrected chi connectivity index (χ2v) is 6.85. The van der Waals surface area contributed by atoms with Gasteiger partial charge in [-0.1, -0.05) is 0 Å². The SMILES string of the molecule is CC1CN(S(=O)(=O)c2cc(N)cc(F)c2)CCN1C. The Balaban J connectivity index is 2.32. The molecule has 1 atom stereocenters. The molecule has 0 aliphatic carbocycles. The van der Waals surface area contributed by atoms with Gasteiger partial charge in [0, 0.05) is 31.4 Å². The van der Waals surface area contributed by atoms with Crippen LogP contribution in [0.3, 0.4) is 0 Å². The summed E-state index contributed by atoms with van der Waals surface area (Å²) in [6.45, 7) is 3.42. The van der Waals surface area contributed by atoms with Crippen LogP contribution in [-0.2, 0) is 10.0 Å². The predicted molar refractivity (Wildman–Crippen MR) is 71.7 cm³/mol. The Morgan fingerprint density at radius 2 is 2.00 bits per heavy atom. The number of nitrogens with zero attached hydrogens (tertiary/aromatic N) is 2. The van der Waals surface area contributed by atoms with Gasteiger partial charge in [-0.25, -0.2) is 12.8 Å². The minimum atomic E-state index is -3.68. The molecule has 2 N–H and O–H groups in total. The van der Waals surface area contributed by atoms with E-state index in [1.165, 1.54) is 10.4 Å². The van der Waals surface area contributed by atoms with Gasteiger partial charge in [-0.15, -0.1) is 0 Å². The first kappa shape index (κ1) is 14.2. The van der Waals surface area contributed by atoms with Crippen LogP contribution < -0.4 is 5.73 Å². The zero-order valence-corrected chi connectivity index (χ0v) is 11.8. The van der Waals surface area contributed by atoms with Crippen molar-refractivity contribution in [3.8, 4) is 0 Å². The molecular formula is C12H18FN3O2S. The molecule has 106 valence electrons. The van der Waals surface area contributed by atoms with Crippen molar-refractivity contribution in [2.24, 2.45) is 0 Å². The van der Waals surface area contributed by atoms with Crippen LogP contribution >= 0.6 is 0 Å². The van der Waals surface area contributed by atoms with Crippen LogP contribution in [0, 0.1) is 5.82 Å². The maximum Gasteiger partial charge on any atom is 0.243 e. The third-order valence-electron chi connectivity index (χ3n) is 3.45. The molecule has 2 rings (SSSR count). The molecule has 0 saturated carbocycles. The van der Waals surface area contributed by atoms with Gasteiger partial charge in [0.15, 0.2) is 0 Å². The van der Waals surface area contributed by atoms with E-state index in [2.05, 4.69) is 4.90 Å². The number of rotatable bonds is 2. The molecule has 1 heterocycles. The Hall–Kier alpha value is -1.18. The van der Waals surface area contributed by atoms with Gasteiger partial charge < -0.3 is 10.6 Å². The fourth-order valence-electron chi connectivity index (χ4n) is 2.12. The number of nitrogens with two attached hydrogens (primary N) is 1. The number of benzene rings is 1. The molecule has 0 amide bonds. The van der Waals surface area contributed by atoms with Gasteiger partial charge in [0.05, 0.1) is 4.90 Å². The Morgan fingerprint density at radius 1 is 1.32 bits per heavy atom. The fraction of sp³-hybridized carbons (Fsp3) is 0.500. The van der Waals surface area contributed by atoms with Gasteiger partial charge in [0.25, 0.3) is 0 Å². The van der Waals surface area contributed by atoms with E-state index in [-0.39, 0.29) is 16.6 Å². The summed E-state index contributed by atoms with van der Waals surface area (Å²) >= 11 is 0. The number of piperazine rings is 1. The highest BCUT2D eigenvalue weighted by Gasteiger charge is 2.31.